The van der Waals surface area contributed by atoms with E-state index in [4.69, 9.17) is 4.52 Å². The summed E-state index contributed by atoms with van der Waals surface area (Å²) in [5.41, 5.74) is 0.967. The van der Waals surface area contributed by atoms with E-state index in [1.54, 1.807) is 0 Å². The van der Waals surface area contributed by atoms with Gasteiger partial charge in [-0.1, -0.05) is 12.1 Å². The molecule has 1 atom stereocenters. The number of aryl methyl sites for hydroxylation is 1. The zero-order valence-corrected chi connectivity index (χ0v) is 10.2. The molecule has 2 heterocycles. The second-order valence-electron chi connectivity index (χ2n) is 4.61. The summed E-state index contributed by atoms with van der Waals surface area (Å²) in [6.07, 6.45) is 2.45. The summed E-state index contributed by atoms with van der Waals surface area (Å²) in [6.45, 7) is 8.46. The minimum absolute atomic E-state index is 0.656. The van der Waals surface area contributed by atoms with E-state index in [0.29, 0.717) is 6.04 Å². The average molecular weight is 223 g/mol. The van der Waals surface area contributed by atoms with Crippen LogP contribution in [0, 0.1) is 6.92 Å². The second-order valence-corrected chi connectivity index (χ2v) is 4.61. The van der Waals surface area contributed by atoms with Crippen molar-refractivity contribution in [2.75, 3.05) is 19.6 Å². The van der Waals surface area contributed by atoms with Crippen LogP contribution in [0.5, 0.6) is 0 Å². The molecule has 1 N–H and O–H groups in total. The van der Waals surface area contributed by atoms with E-state index >= 15 is 0 Å². The van der Waals surface area contributed by atoms with Crippen LogP contribution in [-0.2, 0) is 6.54 Å². The molecule has 0 spiro atoms. The van der Waals surface area contributed by atoms with E-state index in [2.05, 4.69) is 22.3 Å². The number of likely N-dealkylation sites (tertiary alicyclic amines) is 1. The van der Waals surface area contributed by atoms with Crippen LogP contribution in [0.3, 0.4) is 0 Å². The molecule has 0 aliphatic carbocycles. The quantitative estimate of drug-likeness (QED) is 0.822. The molecule has 4 nitrogen and oxygen atoms in total. The molecule has 2 rings (SSSR count). The van der Waals surface area contributed by atoms with Gasteiger partial charge in [0, 0.05) is 25.2 Å². The summed E-state index contributed by atoms with van der Waals surface area (Å²) in [4.78, 5) is 2.42. The van der Waals surface area contributed by atoms with Gasteiger partial charge in [-0.25, -0.2) is 0 Å². The van der Waals surface area contributed by atoms with Gasteiger partial charge in [0.05, 0.1) is 12.2 Å². The molecular weight excluding hydrogens is 202 g/mol. The predicted molar refractivity (Wildman–Crippen MR) is 63.2 cm³/mol. The summed E-state index contributed by atoms with van der Waals surface area (Å²) in [6, 6.07) is 2.68. The van der Waals surface area contributed by atoms with E-state index in [1.165, 1.54) is 12.8 Å². The Morgan fingerprint density at radius 1 is 1.62 bits per heavy atom. The van der Waals surface area contributed by atoms with E-state index in [0.717, 1.165) is 37.6 Å². The summed E-state index contributed by atoms with van der Waals surface area (Å²) in [5, 5.41) is 7.47. The first kappa shape index (κ1) is 11.6. The zero-order valence-electron chi connectivity index (χ0n) is 10.2. The maximum absolute atomic E-state index is 5.23. The predicted octanol–water partition coefficient (Wildman–Crippen LogP) is 1.56. The number of rotatable bonds is 5. The fourth-order valence-electron chi connectivity index (χ4n) is 2.20. The third-order valence-corrected chi connectivity index (χ3v) is 3.01. The average Bonchev–Trinajstić information content (AvgIpc) is 2.86. The van der Waals surface area contributed by atoms with Gasteiger partial charge < -0.3 is 9.84 Å². The van der Waals surface area contributed by atoms with Gasteiger partial charge in [0.1, 0.15) is 0 Å². The van der Waals surface area contributed by atoms with Crippen molar-refractivity contribution in [1.82, 2.24) is 15.4 Å². The van der Waals surface area contributed by atoms with E-state index in [1.807, 2.05) is 13.0 Å². The highest BCUT2D eigenvalue weighted by molar-refractivity contribution is 5.03. The third kappa shape index (κ3) is 3.06. The van der Waals surface area contributed by atoms with Crippen molar-refractivity contribution in [3.8, 4) is 0 Å². The van der Waals surface area contributed by atoms with Crippen molar-refractivity contribution in [3.63, 3.8) is 0 Å². The fraction of sp³-hybridized carbons (Fsp3) is 0.750. The van der Waals surface area contributed by atoms with Crippen molar-refractivity contribution in [3.05, 3.63) is 17.5 Å². The highest BCUT2D eigenvalue weighted by Gasteiger charge is 2.22. The van der Waals surface area contributed by atoms with Gasteiger partial charge in [0.2, 0.25) is 0 Å². The summed E-state index contributed by atoms with van der Waals surface area (Å²) in [7, 11) is 0. The van der Waals surface area contributed by atoms with Crippen LogP contribution < -0.4 is 5.32 Å². The molecule has 90 valence electrons. The first-order valence-electron chi connectivity index (χ1n) is 6.16. The Hall–Kier alpha value is -0.870. The maximum atomic E-state index is 5.23. The van der Waals surface area contributed by atoms with Crippen molar-refractivity contribution in [2.24, 2.45) is 0 Å². The van der Waals surface area contributed by atoms with Crippen LogP contribution in [0.15, 0.2) is 10.6 Å². The Labute approximate surface area is 97.0 Å². The van der Waals surface area contributed by atoms with Crippen molar-refractivity contribution >= 4 is 0 Å². The largest absolute Gasteiger partial charge is 0.360 e. The van der Waals surface area contributed by atoms with E-state index in [-0.39, 0.29) is 0 Å². The number of nitrogens with zero attached hydrogens (tertiary/aromatic N) is 2. The topological polar surface area (TPSA) is 41.3 Å². The molecule has 1 aliphatic heterocycles. The fourth-order valence-corrected chi connectivity index (χ4v) is 2.20. The lowest BCUT2D eigenvalue weighted by molar-refractivity contribution is 0.268. The van der Waals surface area contributed by atoms with Crippen molar-refractivity contribution in [1.29, 1.82) is 0 Å². The molecule has 1 fully saturated rings. The van der Waals surface area contributed by atoms with Gasteiger partial charge in [0.15, 0.2) is 5.76 Å². The number of hydrogen-bond acceptors (Lipinski definition) is 4. The van der Waals surface area contributed by atoms with Crippen LogP contribution in [-0.4, -0.2) is 35.7 Å². The first-order chi connectivity index (χ1) is 7.78. The smallest absolute Gasteiger partial charge is 0.150 e. The van der Waals surface area contributed by atoms with Crippen LogP contribution in [0.1, 0.15) is 31.2 Å². The van der Waals surface area contributed by atoms with Crippen molar-refractivity contribution in [2.45, 2.75) is 39.3 Å². The second kappa shape index (κ2) is 5.46. The molecule has 1 aromatic rings. The summed E-state index contributed by atoms with van der Waals surface area (Å²) < 4.78 is 5.23. The molecule has 1 saturated heterocycles. The molecule has 0 saturated carbocycles. The van der Waals surface area contributed by atoms with Gasteiger partial charge in [-0.2, -0.15) is 0 Å². The summed E-state index contributed by atoms with van der Waals surface area (Å²) in [5.74, 6) is 0.980. The lowest BCUT2D eigenvalue weighted by atomic mass is 10.2. The Morgan fingerprint density at radius 2 is 2.50 bits per heavy atom. The zero-order chi connectivity index (χ0) is 11.4. The number of aromatic nitrogens is 1. The van der Waals surface area contributed by atoms with Crippen molar-refractivity contribution < 1.29 is 4.52 Å². The minimum Gasteiger partial charge on any atom is -0.360 e. The lowest BCUT2D eigenvalue weighted by Crippen LogP contribution is -2.32. The van der Waals surface area contributed by atoms with Gasteiger partial charge >= 0.3 is 0 Å². The Bertz CT molecular complexity index is 324. The van der Waals surface area contributed by atoms with Crippen LogP contribution in [0.2, 0.25) is 0 Å². The molecule has 1 aromatic heterocycles. The molecule has 16 heavy (non-hydrogen) atoms. The highest BCUT2D eigenvalue weighted by atomic mass is 16.5. The first-order valence-corrected chi connectivity index (χ1v) is 6.16. The number of hydrogen-bond donors (Lipinski definition) is 1. The van der Waals surface area contributed by atoms with E-state index in [9.17, 15) is 0 Å². The van der Waals surface area contributed by atoms with Gasteiger partial charge in [-0.15, -0.1) is 0 Å². The van der Waals surface area contributed by atoms with E-state index < -0.39 is 0 Å². The Kier molecular flexibility index (Phi) is 3.96. The van der Waals surface area contributed by atoms with Crippen LogP contribution in [0.25, 0.3) is 0 Å². The third-order valence-electron chi connectivity index (χ3n) is 3.01. The molecule has 0 bridgehead atoms. The Morgan fingerprint density at radius 3 is 3.19 bits per heavy atom. The SMILES string of the molecule is CCCNC1CCN(Cc2cc(C)no2)C1. The normalized spacial score (nSPS) is 21.8. The molecule has 4 heteroatoms. The molecule has 0 radical (unpaired) electrons. The molecule has 0 amide bonds. The standard InChI is InChI=1S/C12H21N3O/c1-3-5-13-11-4-6-15(8-11)9-12-7-10(2)14-16-12/h7,11,13H,3-6,8-9H2,1-2H3. The highest BCUT2D eigenvalue weighted by Crippen LogP contribution is 2.14. The molecular formula is C12H21N3O. The van der Waals surface area contributed by atoms with Crippen LogP contribution in [0.4, 0.5) is 0 Å². The minimum atomic E-state index is 0.656. The maximum Gasteiger partial charge on any atom is 0.150 e. The van der Waals surface area contributed by atoms with Gasteiger partial charge in [-0.3, -0.25) is 4.90 Å². The molecule has 0 aromatic carbocycles. The molecule has 1 unspecified atom stereocenters. The monoisotopic (exact) mass is 223 g/mol. The van der Waals surface area contributed by atoms with Gasteiger partial charge in [-0.05, 0) is 26.3 Å². The summed E-state index contributed by atoms with van der Waals surface area (Å²) >= 11 is 0. The van der Waals surface area contributed by atoms with Crippen LogP contribution >= 0.6 is 0 Å². The number of nitrogens with one attached hydrogen (secondary N) is 1. The Balaban J connectivity index is 1.76. The molecule has 1 aliphatic rings. The lowest BCUT2D eigenvalue weighted by Gasteiger charge is -2.14. The van der Waals surface area contributed by atoms with Gasteiger partial charge in [0.25, 0.3) is 0 Å².